The summed E-state index contributed by atoms with van der Waals surface area (Å²) in [5, 5.41) is 2.97. The Morgan fingerprint density at radius 3 is 2.73 bits per heavy atom. The van der Waals surface area contributed by atoms with Crippen LogP contribution in [0, 0.1) is 5.92 Å². The molecule has 0 spiro atoms. The Bertz CT molecular complexity index is 580. The molecule has 3 unspecified atom stereocenters. The SMILES string of the molecule is CSCCC(NC(=O)Cc1ccccc1)C(=O)N1CCCC(C(C)N)C1. The fourth-order valence-corrected chi connectivity index (χ4v) is 3.85. The third kappa shape index (κ3) is 6.32. The van der Waals surface area contributed by atoms with Crippen LogP contribution in [-0.4, -0.2) is 53.9 Å². The van der Waals surface area contributed by atoms with E-state index in [0.29, 0.717) is 25.3 Å². The Morgan fingerprint density at radius 2 is 2.08 bits per heavy atom. The molecular formula is C20H31N3O2S. The minimum atomic E-state index is -0.453. The Labute approximate surface area is 161 Å². The van der Waals surface area contributed by atoms with Gasteiger partial charge < -0.3 is 16.0 Å². The number of nitrogens with zero attached hydrogens (tertiary/aromatic N) is 1. The number of hydrogen-bond acceptors (Lipinski definition) is 4. The van der Waals surface area contributed by atoms with Crippen LogP contribution in [0.3, 0.4) is 0 Å². The topological polar surface area (TPSA) is 75.4 Å². The van der Waals surface area contributed by atoms with Crippen molar-refractivity contribution in [2.24, 2.45) is 11.7 Å². The van der Waals surface area contributed by atoms with Crippen LogP contribution in [0.5, 0.6) is 0 Å². The Hall–Kier alpha value is -1.53. The molecule has 0 bridgehead atoms. The lowest BCUT2D eigenvalue weighted by molar-refractivity contribution is -0.138. The molecule has 0 radical (unpaired) electrons. The summed E-state index contributed by atoms with van der Waals surface area (Å²) in [5.41, 5.74) is 7.00. The van der Waals surface area contributed by atoms with Gasteiger partial charge in [0.25, 0.3) is 0 Å². The van der Waals surface area contributed by atoms with Crippen LogP contribution in [0.15, 0.2) is 30.3 Å². The molecule has 2 amide bonds. The quantitative estimate of drug-likeness (QED) is 0.727. The van der Waals surface area contributed by atoms with Gasteiger partial charge >= 0.3 is 0 Å². The van der Waals surface area contributed by atoms with E-state index >= 15 is 0 Å². The van der Waals surface area contributed by atoms with Crippen LogP contribution in [0.2, 0.25) is 0 Å². The highest BCUT2D eigenvalue weighted by atomic mass is 32.2. The van der Waals surface area contributed by atoms with Crippen LogP contribution >= 0.6 is 11.8 Å². The number of amides is 2. The molecule has 1 heterocycles. The summed E-state index contributed by atoms with van der Waals surface area (Å²) in [7, 11) is 0. The van der Waals surface area contributed by atoms with Crippen molar-refractivity contribution < 1.29 is 9.59 Å². The van der Waals surface area contributed by atoms with E-state index in [-0.39, 0.29) is 17.9 Å². The standard InChI is InChI=1S/C20H31N3O2S/c1-15(21)17-9-6-11-23(14-17)20(25)18(10-12-26-2)22-19(24)13-16-7-4-3-5-8-16/h3-5,7-8,15,17-18H,6,9-14,21H2,1-2H3,(H,22,24). The highest BCUT2D eigenvalue weighted by molar-refractivity contribution is 7.98. The molecule has 1 fully saturated rings. The van der Waals surface area contributed by atoms with Gasteiger partial charge in [-0.2, -0.15) is 11.8 Å². The van der Waals surface area contributed by atoms with Gasteiger partial charge in [0.05, 0.1) is 6.42 Å². The van der Waals surface area contributed by atoms with E-state index in [0.717, 1.165) is 30.7 Å². The van der Waals surface area contributed by atoms with Crippen LogP contribution < -0.4 is 11.1 Å². The zero-order valence-corrected chi connectivity index (χ0v) is 16.6. The zero-order chi connectivity index (χ0) is 18.9. The minimum Gasteiger partial charge on any atom is -0.344 e. The highest BCUT2D eigenvalue weighted by Gasteiger charge is 2.30. The van der Waals surface area contributed by atoms with E-state index in [1.807, 2.05) is 48.4 Å². The van der Waals surface area contributed by atoms with Gasteiger partial charge in [-0.3, -0.25) is 9.59 Å². The number of likely N-dealkylation sites (tertiary alicyclic amines) is 1. The minimum absolute atomic E-state index is 0.0332. The molecule has 1 aromatic carbocycles. The van der Waals surface area contributed by atoms with Crippen molar-refractivity contribution in [2.75, 3.05) is 25.1 Å². The smallest absolute Gasteiger partial charge is 0.245 e. The normalized spacial score (nSPS) is 19.7. The van der Waals surface area contributed by atoms with Crippen molar-refractivity contribution in [2.45, 2.75) is 44.7 Å². The second-order valence-corrected chi connectivity index (χ2v) is 8.10. The fourth-order valence-electron chi connectivity index (χ4n) is 3.38. The first-order chi connectivity index (χ1) is 12.5. The molecule has 3 atom stereocenters. The molecule has 26 heavy (non-hydrogen) atoms. The van der Waals surface area contributed by atoms with Crippen molar-refractivity contribution in [3.05, 3.63) is 35.9 Å². The Kier molecular flexibility index (Phi) is 8.45. The van der Waals surface area contributed by atoms with Gasteiger partial charge in [-0.25, -0.2) is 0 Å². The maximum Gasteiger partial charge on any atom is 0.245 e. The van der Waals surface area contributed by atoms with E-state index in [2.05, 4.69) is 5.32 Å². The van der Waals surface area contributed by atoms with Gasteiger partial charge in [-0.05, 0) is 49.7 Å². The maximum absolute atomic E-state index is 13.0. The van der Waals surface area contributed by atoms with Gasteiger partial charge in [0.1, 0.15) is 6.04 Å². The highest BCUT2D eigenvalue weighted by Crippen LogP contribution is 2.20. The third-order valence-corrected chi connectivity index (χ3v) is 5.61. The summed E-state index contributed by atoms with van der Waals surface area (Å²) in [4.78, 5) is 27.4. The number of nitrogens with one attached hydrogen (secondary N) is 1. The van der Waals surface area contributed by atoms with Gasteiger partial charge in [-0.15, -0.1) is 0 Å². The molecule has 6 heteroatoms. The molecule has 5 nitrogen and oxygen atoms in total. The molecule has 0 aliphatic carbocycles. The lowest BCUT2D eigenvalue weighted by Gasteiger charge is -2.36. The molecule has 0 saturated carbocycles. The fraction of sp³-hybridized carbons (Fsp3) is 0.600. The first-order valence-electron chi connectivity index (χ1n) is 9.38. The largest absolute Gasteiger partial charge is 0.344 e. The molecule has 0 aromatic heterocycles. The van der Waals surface area contributed by atoms with Crippen molar-refractivity contribution in [3.63, 3.8) is 0 Å². The predicted octanol–water partition coefficient (Wildman–Crippen LogP) is 2.05. The van der Waals surface area contributed by atoms with Crippen LogP contribution in [-0.2, 0) is 16.0 Å². The molecular weight excluding hydrogens is 346 g/mol. The maximum atomic E-state index is 13.0. The van der Waals surface area contributed by atoms with Crippen LogP contribution in [0.4, 0.5) is 0 Å². The predicted molar refractivity (Wildman–Crippen MR) is 108 cm³/mol. The second kappa shape index (κ2) is 10.6. The molecule has 3 N–H and O–H groups in total. The molecule has 1 aliphatic heterocycles. The third-order valence-electron chi connectivity index (χ3n) is 4.96. The summed E-state index contributed by atoms with van der Waals surface area (Å²) < 4.78 is 0. The number of benzene rings is 1. The van der Waals surface area contributed by atoms with Gasteiger partial charge in [0, 0.05) is 19.1 Å². The first-order valence-corrected chi connectivity index (χ1v) is 10.8. The first kappa shape index (κ1) is 20.8. The average Bonchev–Trinajstić information content (AvgIpc) is 2.65. The summed E-state index contributed by atoms with van der Waals surface area (Å²) in [5.74, 6) is 1.11. The van der Waals surface area contributed by atoms with Gasteiger partial charge in [-0.1, -0.05) is 30.3 Å². The van der Waals surface area contributed by atoms with Crippen molar-refractivity contribution in [1.82, 2.24) is 10.2 Å². The number of rotatable bonds is 8. The van der Waals surface area contributed by atoms with E-state index in [1.165, 1.54) is 0 Å². The lowest BCUT2D eigenvalue weighted by atomic mass is 9.91. The van der Waals surface area contributed by atoms with Crippen LogP contribution in [0.1, 0.15) is 31.7 Å². The molecule has 2 rings (SSSR count). The average molecular weight is 378 g/mol. The van der Waals surface area contributed by atoms with E-state index in [4.69, 9.17) is 5.73 Å². The Balaban J connectivity index is 1.98. The van der Waals surface area contributed by atoms with Crippen molar-refractivity contribution >= 4 is 23.6 Å². The van der Waals surface area contributed by atoms with Crippen molar-refractivity contribution in [1.29, 1.82) is 0 Å². The van der Waals surface area contributed by atoms with Crippen LogP contribution in [0.25, 0.3) is 0 Å². The lowest BCUT2D eigenvalue weighted by Crippen LogP contribution is -2.53. The summed E-state index contributed by atoms with van der Waals surface area (Å²) >= 11 is 1.69. The molecule has 1 aromatic rings. The number of carbonyl (C=O) groups excluding carboxylic acids is 2. The van der Waals surface area contributed by atoms with Gasteiger partial charge in [0.15, 0.2) is 0 Å². The number of nitrogens with two attached hydrogens (primary N) is 1. The summed E-state index contributed by atoms with van der Waals surface area (Å²) in [6.07, 6.45) is 5.01. The monoisotopic (exact) mass is 377 g/mol. The van der Waals surface area contributed by atoms with Gasteiger partial charge in [0.2, 0.25) is 11.8 Å². The molecule has 1 saturated heterocycles. The summed E-state index contributed by atoms with van der Waals surface area (Å²) in [6, 6.07) is 9.25. The van der Waals surface area contributed by atoms with Crippen molar-refractivity contribution in [3.8, 4) is 0 Å². The number of carbonyl (C=O) groups is 2. The van der Waals surface area contributed by atoms with E-state index in [1.54, 1.807) is 11.8 Å². The molecule has 1 aliphatic rings. The van der Waals surface area contributed by atoms with E-state index in [9.17, 15) is 9.59 Å². The zero-order valence-electron chi connectivity index (χ0n) is 15.8. The Morgan fingerprint density at radius 1 is 1.35 bits per heavy atom. The number of piperidine rings is 1. The van der Waals surface area contributed by atoms with E-state index < -0.39 is 6.04 Å². The number of thioether (sulfide) groups is 1. The number of hydrogen-bond donors (Lipinski definition) is 2. The second-order valence-electron chi connectivity index (χ2n) is 7.11. The molecule has 144 valence electrons. The summed E-state index contributed by atoms with van der Waals surface area (Å²) in [6.45, 7) is 3.46.